The van der Waals surface area contributed by atoms with Crippen LogP contribution >= 0.6 is 0 Å². The summed E-state index contributed by atoms with van der Waals surface area (Å²) < 4.78 is 5.47. The van der Waals surface area contributed by atoms with Crippen molar-refractivity contribution >= 4 is 6.08 Å². The average Bonchev–Trinajstić information content (AvgIpc) is 2.39. The van der Waals surface area contributed by atoms with Crippen molar-refractivity contribution in [2.75, 3.05) is 19.7 Å². The van der Waals surface area contributed by atoms with E-state index in [0.717, 1.165) is 18.8 Å². The van der Waals surface area contributed by atoms with E-state index in [9.17, 15) is 0 Å². The van der Waals surface area contributed by atoms with Crippen LogP contribution in [0.25, 0.3) is 6.08 Å². The minimum atomic E-state index is 0.557. The Hall–Kier alpha value is -1.28. The molecular formula is C18H29NO. The van der Waals surface area contributed by atoms with Crippen molar-refractivity contribution in [3.8, 4) is 5.75 Å². The maximum absolute atomic E-state index is 5.47. The average molecular weight is 275 g/mol. The summed E-state index contributed by atoms with van der Waals surface area (Å²) in [5.41, 5.74) is 2.68. The summed E-state index contributed by atoms with van der Waals surface area (Å²) >= 11 is 0. The zero-order valence-corrected chi connectivity index (χ0v) is 13.6. The number of rotatable bonds is 8. The first-order chi connectivity index (χ1) is 9.52. The highest BCUT2D eigenvalue weighted by Crippen LogP contribution is 2.17. The third-order valence-corrected chi connectivity index (χ3v) is 3.17. The lowest BCUT2D eigenvalue weighted by Crippen LogP contribution is -2.23. The molecule has 0 saturated carbocycles. The van der Waals surface area contributed by atoms with Gasteiger partial charge in [0.05, 0.1) is 6.61 Å². The quantitative estimate of drug-likeness (QED) is 0.760. The van der Waals surface area contributed by atoms with Crippen molar-refractivity contribution in [1.82, 2.24) is 5.32 Å². The summed E-state index contributed by atoms with van der Waals surface area (Å²) in [4.78, 5) is 0. The van der Waals surface area contributed by atoms with Crippen LogP contribution in [0.4, 0.5) is 0 Å². The van der Waals surface area contributed by atoms with Crippen molar-refractivity contribution in [3.05, 3.63) is 35.4 Å². The van der Waals surface area contributed by atoms with Crippen LogP contribution in [0.5, 0.6) is 5.75 Å². The normalized spacial score (nSPS) is 12.2. The topological polar surface area (TPSA) is 21.3 Å². The first kappa shape index (κ1) is 16.8. The van der Waals surface area contributed by atoms with Gasteiger partial charge in [0.2, 0.25) is 0 Å². The minimum absolute atomic E-state index is 0.557. The molecule has 112 valence electrons. The van der Waals surface area contributed by atoms with Gasteiger partial charge in [-0.3, -0.25) is 0 Å². The second-order valence-electron chi connectivity index (χ2n) is 5.90. The van der Waals surface area contributed by atoms with Gasteiger partial charge in [-0.25, -0.2) is 0 Å². The molecule has 1 aromatic rings. The van der Waals surface area contributed by atoms with Gasteiger partial charge in [-0.2, -0.15) is 0 Å². The molecule has 0 aliphatic heterocycles. The van der Waals surface area contributed by atoms with E-state index in [4.69, 9.17) is 4.74 Å². The Kier molecular flexibility index (Phi) is 7.38. The van der Waals surface area contributed by atoms with E-state index >= 15 is 0 Å². The molecule has 0 saturated heterocycles. The Morgan fingerprint density at radius 3 is 2.30 bits per heavy atom. The molecular weight excluding hydrogens is 246 g/mol. The molecule has 20 heavy (non-hydrogen) atoms. The summed E-state index contributed by atoms with van der Waals surface area (Å²) in [6, 6.07) is 8.31. The number of benzene rings is 1. The van der Waals surface area contributed by atoms with Crippen molar-refractivity contribution in [1.29, 1.82) is 0 Å². The number of nitrogens with one attached hydrogen (secondary N) is 1. The fourth-order valence-corrected chi connectivity index (χ4v) is 1.97. The smallest absolute Gasteiger partial charge is 0.119 e. The SMILES string of the molecule is CCOc1ccc(C=C(CNCC(C)C)C(C)C)cc1. The molecule has 0 aliphatic rings. The fraction of sp³-hybridized carbons (Fsp3) is 0.556. The molecule has 0 bridgehead atoms. The Morgan fingerprint density at radius 2 is 1.80 bits per heavy atom. The van der Waals surface area contributed by atoms with Crippen LogP contribution in [0, 0.1) is 11.8 Å². The van der Waals surface area contributed by atoms with Crippen molar-refractivity contribution in [2.45, 2.75) is 34.6 Å². The zero-order valence-electron chi connectivity index (χ0n) is 13.6. The Labute approximate surface area is 124 Å². The number of ether oxygens (including phenoxy) is 1. The molecule has 0 heterocycles. The van der Waals surface area contributed by atoms with E-state index < -0.39 is 0 Å². The minimum Gasteiger partial charge on any atom is -0.494 e. The fourth-order valence-electron chi connectivity index (χ4n) is 1.97. The summed E-state index contributed by atoms with van der Waals surface area (Å²) in [6.07, 6.45) is 2.29. The Balaban J connectivity index is 2.69. The lowest BCUT2D eigenvalue weighted by Gasteiger charge is -2.14. The van der Waals surface area contributed by atoms with Crippen LogP contribution in [0.3, 0.4) is 0 Å². The Bertz CT molecular complexity index is 404. The molecule has 0 atom stereocenters. The summed E-state index contributed by atoms with van der Waals surface area (Å²) in [7, 11) is 0. The standard InChI is InChI=1S/C18H29NO/c1-6-20-18-9-7-16(8-10-18)11-17(15(4)5)13-19-12-14(2)3/h7-11,14-15,19H,6,12-13H2,1-5H3. The lowest BCUT2D eigenvalue weighted by molar-refractivity contribution is 0.340. The number of hydrogen-bond donors (Lipinski definition) is 1. The molecule has 2 nitrogen and oxygen atoms in total. The second-order valence-corrected chi connectivity index (χ2v) is 5.90. The predicted molar refractivity (Wildman–Crippen MR) is 88.1 cm³/mol. The maximum atomic E-state index is 5.47. The molecule has 0 unspecified atom stereocenters. The van der Waals surface area contributed by atoms with Gasteiger partial charge in [-0.15, -0.1) is 0 Å². The van der Waals surface area contributed by atoms with Crippen LogP contribution in [-0.2, 0) is 0 Å². The van der Waals surface area contributed by atoms with Gasteiger partial charge in [0, 0.05) is 6.54 Å². The lowest BCUT2D eigenvalue weighted by atomic mass is 10.00. The van der Waals surface area contributed by atoms with Gasteiger partial charge in [-0.05, 0) is 43.0 Å². The van der Waals surface area contributed by atoms with Crippen LogP contribution < -0.4 is 10.1 Å². The van der Waals surface area contributed by atoms with E-state index in [1.54, 1.807) is 0 Å². The van der Waals surface area contributed by atoms with E-state index in [2.05, 4.69) is 51.2 Å². The first-order valence-electron chi connectivity index (χ1n) is 7.67. The third-order valence-electron chi connectivity index (χ3n) is 3.17. The predicted octanol–water partition coefficient (Wildman–Crippen LogP) is 4.37. The van der Waals surface area contributed by atoms with Gasteiger partial charge in [0.15, 0.2) is 0 Å². The molecule has 0 aromatic heterocycles. The van der Waals surface area contributed by atoms with E-state index in [1.165, 1.54) is 11.1 Å². The van der Waals surface area contributed by atoms with Gasteiger partial charge >= 0.3 is 0 Å². The van der Waals surface area contributed by atoms with Crippen LogP contribution in [0.1, 0.15) is 40.2 Å². The second kappa shape index (κ2) is 8.80. The molecule has 0 spiro atoms. The monoisotopic (exact) mass is 275 g/mol. The molecule has 1 aromatic carbocycles. The highest BCUT2D eigenvalue weighted by Gasteiger charge is 2.04. The van der Waals surface area contributed by atoms with E-state index in [0.29, 0.717) is 18.4 Å². The molecule has 1 rings (SSSR count). The first-order valence-corrected chi connectivity index (χ1v) is 7.67. The van der Waals surface area contributed by atoms with Gasteiger partial charge in [0.1, 0.15) is 5.75 Å². The van der Waals surface area contributed by atoms with E-state index in [-0.39, 0.29) is 0 Å². The zero-order chi connectivity index (χ0) is 15.0. The van der Waals surface area contributed by atoms with Crippen molar-refractivity contribution in [3.63, 3.8) is 0 Å². The van der Waals surface area contributed by atoms with Crippen LogP contribution in [0.15, 0.2) is 29.8 Å². The number of hydrogen-bond acceptors (Lipinski definition) is 2. The van der Waals surface area contributed by atoms with Gasteiger partial charge in [0.25, 0.3) is 0 Å². The largest absolute Gasteiger partial charge is 0.494 e. The molecule has 2 heteroatoms. The van der Waals surface area contributed by atoms with Gasteiger partial charge < -0.3 is 10.1 Å². The van der Waals surface area contributed by atoms with Gasteiger partial charge in [-0.1, -0.05) is 51.5 Å². The molecule has 0 amide bonds. The molecule has 0 fully saturated rings. The highest BCUT2D eigenvalue weighted by molar-refractivity contribution is 5.54. The third kappa shape index (κ3) is 6.25. The molecule has 0 radical (unpaired) electrons. The van der Waals surface area contributed by atoms with Crippen LogP contribution in [0.2, 0.25) is 0 Å². The summed E-state index contributed by atoms with van der Waals surface area (Å²) in [5.74, 6) is 2.18. The summed E-state index contributed by atoms with van der Waals surface area (Å²) in [6.45, 7) is 13.7. The van der Waals surface area contributed by atoms with E-state index in [1.807, 2.05) is 19.1 Å². The molecule has 1 N–H and O–H groups in total. The van der Waals surface area contributed by atoms with Crippen LogP contribution in [-0.4, -0.2) is 19.7 Å². The highest BCUT2D eigenvalue weighted by atomic mass is 16.5. The Morgan fingerprint density at radius 1 is 1.15 bits per heavy atom. The van der Waals surface area contributed by atoms with Crippen molar-refractivity contribution in [2.24, 2.45) is 11.8 Å². The summed E-state index contributed by atoms with van der Waals surface area (Å²) in [5, 5.41) is 3.53. The molecule has 0 aliphatic carbocycles. The van der Waals surface area contributed by atoms with Crippen molar-refractivity contribution < 1.29 is 4.74 Å². The maximum Gasteiger partial charge on any atom is 0.119 e.